The van der Waals surface area contributed by atoms with Crippen LogP contribution in [0, 0.1) is 11.8 Å². The van der Waals surface area contributed by atoms with Crippen LogP contribution in [0.1, 0.15) is 32.4 Å². The first-order chi connectivity index (χ1) is 18.5. The van der Waals surface area contributed by atoms with Crippen LogP contribution in [0.4, 0.5) is 5.69 Å². The van der Waals surface area contributed by atoms with Crippen molar-refractivity contribution in [3.05, 3.63) is 126 Å². The van der Waals surface area contributed by atoms with E-state index in [9.17, 15) is 19.2 Å². The highest BCUT2D eigenvalue weighted by Crippen LogP contribution is 2.57. The van der Waals surface area contributed by atoms with E-state index < -0.39 is 46.9 Å². The minimum atomic E-state index is -2.07. The number of hydrogen-bond donors (Lipinski definition) is 0. The number of ether oxygens (including phenoxy) is 1. The second kappa shape index (κ2) is 8.16. The Morgan fingerprint density at radius 1 is 0.579 bits per heavy atom. The van der Waals surface area contributed by atoms with Crippen LogP contribution in [0.2, 0.25) is 0 Å². The quantitative estimate of drug-likeness (QED) is 0.291. The van der Waals surface area contributed by atoms with Gasteiger partial charge >= 0.3 is 0 Å². The molecular weight excluding hydrogens is 478 g/mol. The van der Waals surface area contributed by atoms with Crippen molar-refractivity contribution < 1.29 is 23.9 Å². The molecule has 2 fully saturated rings. The SMILES string of the molecule is O=C1[C@@H]2[C@H](c3ccccc3)OC3(C(=O)c4ccccc4C3=O)[C@H]2C(=O)N1c1ccc(-c2ccccc2)cc1. The van der Waals surface area contributed by atoms with Crippen molar-refractivity contribution in [2.45, 2.75) is 11.7 Å². The maximum absolute atomic E-state index is 14.1. The number of amides is 2. The Balaban J connectivity index is 1.34. The number of ketones is 2. The van der Waals surface area contributed by atoms with E-state index in [1.807, 2.05) is 48.5 Å². The number of carbonyl (C=O) groups excluding carboxylic acids is 4. The third-order valence-electron chi connectivity index (χ3n) is 7.88. The van der Waals surface area contributed by atoms with Gasteiger partial charge in [-0.2, -0.15) is 0 Å². The van der Waals surface area contributed by atoms with Crippen molar-refractivity contribution >= 4 is 29.1 Å². The van der Waals surface area contributed by atoms with E-state index in [-0.39, 0.29) is 11.1 Å². The van der Waals surface area contributed by atoms with Gasteiger partial charge in [-0.15, -0.1) is 0 Å². The predicted molar refractivity (Wildman–Crippen MR) is 139 cm³/mol. The first-order valence-electron chi connectivity index (χ1n) is 12.5. The highest BCUT2D eigenvalue weighted by atomic mass is 16.5. The molecule has 1 aliphatic carbocycles. The minimum absolute atomic E-state index is 0.218. The zero-order valence-electron chi connectivity index (χ0n) is 20.1. The Hall–Kier alpha value is -4.68. The van der Waals surface area contributed by atoms with Crippen molar-refractivity contribution in [3.8, 4) is 11.1 Å². The fraction of sp³-hybridized carbons (Fsp3) is 0.125. The van der Waals surface area contributed by atoms with Gasteiger partial charge in [0.1, 0.15) is 0 Å². The van der Waals surface area contributed by atoms with Gasteiger partial charge in [-0.25, -0.2) is 4.90 Å². The summed E-state index contributed by atoms with van der Waals surface area (Å²) in [5.74, 6) is -4.47. The number of carbonyl (C=O) groups is 4. The molecule has 6 nitrogen and oxygen atoms in total. The van der Waals surface area contributed by atoms with Crippen LogP contribution in [0.25, 0.3) is 11.1 Å². The molecule has 38 heavy (non-hydrogen) atoms. The van der Waals surface area contributed by atoms with E-state index in [0.717, 1.165) is 16.0 Å². The summed E-state index contributed by atoms with van der Waals surface area (Å²) in [6.45, 7) is 0. The van der Waals surface area contributed by atoms with Crippen LogP contribution in [-0.2, 0) is 14.3 Å². The van der Waals surface area contributed by atoms with Crippen molar-refractivity contribution in [2.75, 3.05) is 4.90 Å². The van der Waals surface area contributed by atoms with Gasteiger partial charge in [0.25, 0.3) is 0 Å². The molecule has 3 atom stereocenters. The molecule has 1 spiro atoms. The van der Waals surface area contributed by atoms with Gasteiger partial charge in [0.05, 0.1) is 23.6 Å². The van der Waals surface area contributed by atoms with Crippen LogP contribution in [0.5, 0.6) is 0 Å². The number of Topliss-reactive ketones (excluding diaryl/α,β-unsaturated/α-hetero) is 2. The fourth-order valence-electron chi connectivity index (χ4n) is 6.15. The zero-order chi connectivity index (χ0) is 26.0. The predicted octanol–water partition coefficient (Wildman–Crippen LogP) is 5.05. The molecule has 7 rings (SSSR count). The molecule has 0 bridgehead atoms. The van der Waals surface area contributed by atoms with Crippen LogP contribution < -0.4 is 4.90 Å². The number of rotatable bonds is 3. The van der Waals surface area contributed by atoms with Crippen LogP contribution in [0.3, 0.4) is 0 Å². The molecule has 2 amide bonds. The Bertz CT molecular complexity index is 1590. The summed E-state index contributed by atoms with van der Waals surface area (Å²) in [4.78, 5) is 56.8. The van der Waals surface area contributed by atoms with Crippen LogP contribution in [0.15, 0.2) is 109 Å². The zero-order valence-corrected chi connectivity index (χ0v) is 20.1. The highest BCUT2D eigenvalue weighted by Gasteiger charge is 2.74. The van der Waals surface area contributed by atoms with Gasteiger partial charge in [0.2, 0.25) is 29.0 Å². The van der Waals surface area contributed by atoms with E-state index in [4.69, 9.17) is 4.74 Å². The van der Waals surface area contributed by atoms with Crippen molar-refractivity contribution in [2.24, 2.45) is 11.8 Å². The molecule has 0 unspecified atom stereocenters. The van der Waals surface area contributed by atoms with Crippen molar-refractivity contribution in [3.63, 3.8) is 0 Å². The average molecular weight is 500 g/mol. The lowest BCUT2D eigenvalue weighted by molar-refractivity contribution is -0.127. The molecule has 4 aromatic carbocycles. The molecule has 6 heteroatoms. The number of fused-ring (bicyclic) bond motifs is 3. The lowest BCUT2D eigenvalue weighted by Gasteiger charge is -2.27. The molecule has 2 saturated heterocycles. The molecule has 3 aliphatic rings. The number of anilines is 1. The summed E-state index contributed by atoms with van der Waals surface area (Å²) in [6, 6.07) is 32.4. The molecule has 2 aliphatic heterocycles. The standard InChI is InChI=1S/C32H21NO5/c34-28-23-13-7-8-14-24(23)29(35)32(28)26-25(27(38-32)21-11-5-2-6-12-21)30(36)33(31(26)37)22-17-15-20(16-18-22)19-9-3-1-4-10-19/h1-18,25-27H/t25-,26+,27-/m0/s1. The third-order valence-corrected chi connectivity index (χ3v) is 7.88. The van der Waals surface area contributed by atoms with Crippen LogP contribution >= 0.6 is 0 Å². The van der Waals surface area contributed by atoms with E-state index in [0.29, 0.717) is 11.3 Å². The van der Waals surface area contributed by atoms with Crippen molar-refractivity contribution in [1.29, 1.82) is 0 Å². The monoisotopic (exact) mass is 499 g/mol. The molecule has 4 aromatic rings. The number of hydrogen-bond acceptors (Lipinski definition) is 5. The number of imide groups is 1. The first-order valence-corrected chi connectivity index (χ1v) is 12.5. The maximum Gasteiger partial charge on any atom is 0.241 e. The van der Waals surface area contributed by atoms with Gasteiger partial charge in [0, 0.05) is 11.1 Å². The summed E-state index contributed by atoms with van der Waals surface area (Å²) < 4.78 is 6.30. The molecule has 0 aromatic heterocycles. The summed E-state index contributed by atoms with van der Waals surface area (Å²) in [6.07, 6.45) is -0.923. The molecule has 2 heterocycles. The van der Waals surface area contributed by atoms with Crippen molar-refractivity contribution in [1.82, 2.24) is 0 Å². The van der Waals surface area contributed by atoms with Crippen LogP contribution in [-0.4, -0.2) is 29.0 Å². The summed E-state index contributed by atoms with van der Waals surface area (Å²) in [5.41, 5.74) is 1.34. The van der Waals surface area contributed by atoms with E-state index in [1.165, 1.54) is 0 Å². The smallest absolute Gasteiger partial charge is 0.241 e. The molecule has 184 valence electrons. The largest absolute Gasteiger partial charge is 0.349 e. The molecular formula is C32H21NO5. The highest BCUT2D eigenvalue weighted by molar-refractivity contribution is 6.37. The summed E-state index contributed by atoms with van der Waals surface area (Å²) in [5, 5.41) is 0. The van der Waals surface area contributed by atoms with E-state index >= 15 is 0 Å². The molecule has 0 N–H and O–H groups in total. The van der Waals surface area contributed by atoms with Gasteiger partial charge in [0.15, 0.2) is 0 Å². The maximum atomic E-state index is 14.1. The number of benzene rings is 4. The molecule has 0 saturated carbocycles. The fourth-order valence-corrected chi connectivity index (χ4v) is 6.15. The Labute approximate surface area is 218 Å². The van der Waals surface area contributed by atoms with Gasteiger partial charge < -0.3 is 4.74 Å². The summed E-state index contributed by atoms with van der Waals surface area (Å²) >= 11 is 0. The van der Waals surface area contributed by atoms with Gasteiger partial charge in [-0.3, -0.25) is 19.2 Å². The normalized spacial score (nSPS) is 23.3. The summed E-state index contributed by atoms with van der Waals surface area (Å²) in [7, 11) is 0. The second-order valence-electron chi connectivity index (χ2n) is 9.82. The Morgan fingerprint density at radius 3 is 1.71 bits per heavy atom. The lowest BCUT2D eigenvalue weighted by Crippen LogP contribution is -2.51. The van der Waals surface area contributed by atoms with Gasteiger partial charge in [-0.05, 0) is 28.8 Å². The Kier molecular flexibility index (Phi) is 4.84. The lowest BCUT2D eigenvalue weighted by atomic mass is 9.77. The third kappa shape index (κ3) is 2.92. The molecule has 0 radical (unpaired) electrons. The minimum Gasteiger partial charge on any atom is -0.349 e. The Morgan fingerprint density at radius 2 is 1.11 bits per heavy atom. The van der Waals surface area contributed by atoms with E-state index in [2.05, 4.69) is 0 Å². The van der Waals surface area contributed by atoms with Gasteiger partial charge in [-0.1, -0.05) is 97.1 Å². The number of nitrogens with zero attached hydrogens (tertiary/aromatic N) is 1. The topological polar surface area (TPSA) is 80.8 Å². The average Bonchev–Trinajstić information content (AvgIpc) is 3.54. The van der Waals surface area contributed by atoms with E-state index in [1.54, 1.807) is 60.7 Å². The second-order valence-corrected chi connectivity index (χ2v) is 9.82. The first kappa shape index (κ1) is 22.5.